The molecule has 0 fully saturated rings. The molecule has 1 aromatic carbocycles. The molecule has 0 atom stereocenters. The highest BCUT2D eigenvalue weighted by Crippen LogP contribution is 2.18. The Hall–Kier alpha value is -2.74. The number of carbonyl (C=O) groups is 1. The van der Waals surface area contributed by atoms with Gasteiger partial charge in [-0.3, -0.25) is 9.78 Å². The maximum absolute atomic E-state index is 10.9. The van der Waals surface area contributed by atoms with Crippen LogP contribution in [0.2, 0.25) is 0 Å². The molecule has 146 valence electrons. The van der Waals surface area contributed by atoms with Crippen LogP contribution in [-0.4, -0.2) is 41.2 Å². The maximum atomic E-state index is 10.9. The number of amides is 1. The van der Waals surface area contributed by atoms with Crippen LogP contribution in [0.5, 0.6) is 0 Å². The number of nitrogens with one attached hydrogen (secondary N) is 2. The van der Waals surface area contributed by atoms with Crippen molar-refractivity contribution in [2.24, 2.45) is 0 Å². The first-order valence-corrected chi connectivity index (χ1v) is 9.26. The molecule has 0 aliphatic carbocycles. The van der Waals surface area contributed by atoms with Gasteiger partial charge in [0.2, 0.25) is 0 Å². The molecule has 28 heavy (non-hydrogen) atoms. The second-order valence-corrected chi connectivity index (χ2v) is 6.34. The first-order chi connectivity index (χ1) is 13.6. The summed E-state index contributed by atoms with van der Waals surface area (Å²) >= 11 is 4.04. The molecule has 0 unspecified atom stereocenters. The van der Waals surface area contributed by atoms with E-state index in [2.05, 4.69) is 57.5 Å². The van der Waals surface area contributed by atoms with Gasteiger partial charge in [0.05, 0.1) is 6.61 Å². The molecule has 3 aromatic rings. The zero-order chi connectivity index (χ0) is 20.2. The fourth-order valence-electron chi connectivity index (χ4n) is 2.31. The lowest BCUT2D eigenvalue weighted by molar-refractivity contribution is 0.0958. The van der Waals surface area contributed by atoms with E-state index in [9.17, 15) is 4.79 Å². The monoisotopic (exact) mass is 396 g/mol. The smallest absolute Gasteiger partial charge is 0.269 e. The fraction of sp³-hybridized carbons (Fsp3) is 0.190. The number of carbonyl (C=O) groups excluding carboxylic acids is 1. The van der Waals surface area contributed by atoms with Crippen molar-refractivity contribution in [2.45, 2.75) is 11.4 Å². The second-order valence-electron chi connectivity index (χ2n) is 5.82. The number of rotatable bonds is 6. The Balaban J connectivity index is 0.000000221. The van der Waals surface area contributed by atoms with Gasteiger partial charge < -0.3 is 15.7 Å². The number of aliphatic hydroxyl groups excluding tert-OH is 1. The lowest BCUT2D eigenvalue weighted by atomic mass is 10.1. The Morgan fingerprint density at radius 2 is 1.86 bits per heavy atom. The number of hydrogen-bond acceptors (Lipinski definition) is 6. The minimum absolute atomic E-state index is 0.174. The molecule has 0 aliphatic heterocycles. The summed E-state index contributed by atoms with van der Waals surface area (Å²) in [5.74, 6) is -0.182. The zero-order valence-corrected chi connectivity index (χ0v) is 16.6. The maximum Gasteiger partial charge on any atom is 0.269 e. The summed E-state index contributed by atoms with van der Waals surface area (Å²) in [6, 6.07) is 15.7. The van der Waals surface area contributed by atoms with Gasteiger partial charge in [-0.2, -0.15) is 0 Å². The number of benzene rings is 1. The molecule has 0 saturated heterocycles. The molecule has 2 aromatic heterocycles. The molecular formula is C21H24N4O2S. The highest BCUT2D eigenvalue weighted by atomic mass is 32.1. The van der Waals surface area contributed by atoms with E-state index in [-0.39, 0.29) is 12.5 Å². The molecule has 0 spiro atoms. The van der Waals surface area contributed by atoms with Gasteiger partial charge in [-0.25, -0.2) is 4.98 Å². The van der Waals surface area contributed by atoms with Gasteiger partial charge in [-0.1, -0.05) is 30.3 Å². The van der Waals surface area contributed by atoms with Crippen molar-refractivity contribution in [3.63, 3.8) is 0 Å². The van der Waals surface area contributed by atoms with Crippen LogP contribution < -0.4 is 10.6 Å². The van der Waals surface area contributed by atoms with E-state index >= 15 is 0 Å². The minimum atomic E-state index is -0.182. The number of aromatic nitrogens is 2. The largest absolute Gasteiger partial charge is 0.395 e. The van der Waals surface area contributed by atoms with E-state index in [4.69, 9.17) is 5.11 Å². The van der Waals surface area contributed by atoms with Gasteiger partial charge in [0.25, 0.3) is 5.91 Å². The third kappa shape index (κ3) is 7.11. The van der Waals surface area contributed by atoms with Crippen LogP contribution in [0.25, 0.3) is 11.1 Å². The standard InChI is InChI=1S/C14H16N2O.C7H8N2OS/c17-9-8-16-10-12-3-5-13(6-4-12)14-2-1-7-15-11-14;1-8-7(10)6-3-2-5(11)4-9-6/h1-7,11,16-17H,8-10H2;2-4,11H,1H3,(H,8,10). The van der Waals surface area contributed by atoms with Gasteiger partial charge in [-0.15, -0.1) is 12.6 Å². The second kappa shape index (κ2) is 11.9. The molecule has 0 radical (unpaired) electrons. The Morgan fingerprint density at radius 3 is 2.43 bits per heavy atom. The number of aliphatic hydroxyl groups is 1. The molecule has 0 aliphatic rings. The van der Waals surface area contributed by atoms with Crippen LogP contribution in [0.3, 0.4) is 0 Å². The van der Waals surface area contributed by atoms with Crippen molar-refractivity contribution in [1.82, 2.24) is 20.6 Å². The Kier molecular flexibility index (Phi) is 9.14. The summed E-state index contributed by atoms with van der Waals surface area (Å²) in [5.41, 5.74) is 3.92. The van der Waals surface area contributed by atoms with E-state index in [0.717, 1.165) is 17.0 Å². The van der Waals surface area contributed by atoms with Gasteiger partial charge in [0.15, 0.2) is 0 Å². The number of nitrogens with zero attached hydrogens (tertiary/aromatic N) is 2. The van der Waals surface area contributed by atoms with E-state index in [1.54, 1.807) is 25.4 Å². The lowest BCUT2D eigenvalue weighted by Crippen LogP contribution is -2.18. The van der Waals surface area contributed by atoms with Crippen molar-refractivity contribution in [2.75, 3.05) is 20.2 Å². The Morgan fingerprint density at radius 1 is 1.07 bits per heavy atom. The highest BCUT2D eigenvalue weighted by Gasteiger charge is 2.02. The fourth-order valence-corrected chi connectivity index (χ4v) is 2.44. The van der Waals surface area contributed by atoms with Crippen LogP contribution in [0.15, 0.2) is 72.0 Å². The first-order valence-electron chi connectivity index (χ1n) is 8.82. The Bertz CT molecular complexity index is 841. The average molecular weight is 397 g/mol. The number of hydrogen-bond donors (Lipinski definition) is 4. The predicted octanol–water partition coefficient (Wildman–Crippen LogP) is 2.56. The van der Waals surface area contributed by atoms with Gasteiger partial charge in [0.1, 0.15) is 5.69 Å². The first kappa shape index (κ1) is 21.6. The van der Waals surface area contributed by atoms with E-state index in [1.807, 2.05) is 18.3 Å². The Labute approximate surface area is 170 Å². The van der Waals surface area contributed by atoms with Crippen molar-refractivity contribution in [3.8, 4) is 11.1 Å². The average Bonchev–Trinajstić information content (AvgIpc) is 2.75. The molecule has 2 heterocycles. The minimum Gasteiger partial charge on any atom is -0.395 e. The molecule has 7 heteroatoms. The summed E-state index contributed by atoms with van der Waals surface area (Å²) in [6.45, 7) is 1.59. The van der Waals surface area contributed by atoms with Crippen molar-refractivity contribution in [1.29, 1.82) is 0 Å². The van der Waals surface area contributed by atoms with Crippen molar-refractivity contribution < 1.29 is 9.90 Å². The molecule has 0 bridgehead atoms. The van der Waals surface area contributed by atoms with E-state index in [0.29, 0.717) is 12.2 Å². The van der Waals surface area contributed by atoms with Crippen LogP contribution in [0.1, 0.15) is 16.1 Å². The summed E-state index contributed by atoms with van der Waals surface area (Å²) in [5, 5.41) is 14.3. The van der Waals surface area contributed by atoms with Crippen LogP contribution >= 0.6 is 12.6 Å². The lowest BCUT2D eigenvalue weighted by Gasteiger charge is -2.05. The van der Waals surface area contributed by atoms with Crippen LogP contribution in [0.4, 0.5) is 0 Å². The molecular weight excluding hydrogens is 372 g/mol. The summed E-state index contributed by atoms with van der Waals surface area (Å²) in [7, 11) is 1.57. The van der Waals surface area contributed by atoms with E-state index < -0.39 is 0 Å². The topological polar surface area (TPSA) is 87.1 Å². The molecule has 3 N–H and O–H groups in total. The van der Waals surface area contributed by atoms with Crippen LogP contribution in [-0.2, 0) is 6.54 Å². The quantitative estimate of drug-likeness (QED) is 0.380. The number of pyridine rings is 2. The molecule has 6 nitrogen and oxygen atoms in total. The third-order valence-corrected chi connectivity index (χ3v) is 4.04. The van der Waals surface area contributed by atoms with Crippen LogP contribution in [0, 0.1) is 0 Å². The number of thiol groups is 1. The van der Waals surface area contributed by atoms with Crippen molar-refractivity contribution in [3.05, 3.63) is 78.4 Å². The summed E-state index contributed by atoms with van der Waals surface area (Å²) in [6.07, 6.45) is 5.17. The summed E-state index contributed by atoms with van der Waals surface area (Å²) < 4.78 is 0. The zero-order valence-electron chi connectivity index (χ0n) is 15.7. The predicted molar refractivity (Wildman–Crippen MR) is 113 cm³/mol. The van der Waals surface area contributed by atoms with Crippen molar-refractivity contribution >= 4 is 18.5 Å². The van der Waals surface area contributed by atoms with Gasteiger partial charge in [0, 0.05) is 43.6 Å². The van der Waals surface area contributed by atoms with Gasteiger partial charge in [-0.05, 0) is 34.9 Å². The SMILES string of the molecule is CNC(=O)c1ccc(S)cn1.OCCNCc1ccc(-c2cccnc2)cc1. The third-order valence-electron chi connectivity index (χ3n) is 3.77. The molecule has 3 rings (SSSR count). The normalized spacial score (nSPS) is 9.96. The summed E-state index contributed by atoms with van der Waals surface area (Å²) in [4.78, 5) is 19.6. The molecule has 0 saturated carbocycles. The van der Waals surface area contributed by atoms with E-state index in [1.165, 1.54) is 17.3 Å². The van der Waals surface area contributed by atoms with Gasteiger partial charge >= 0.3 is 0 Å². The molecule has 1 amide bonds. The highest BCUT2D eigenvalue weighted by molar-refractivity contribution is 7.80.